The zero-order valence-electron chi connectivity index (χ0n) is 16.0. The van der Waals surface area contributed by atoms with Crippen molar-refractivity contribution >= 4 is 27.5 Å². The average molecular weight is 482 g/mol. The van der Waals surface area contributed by atoms with E-state index in [4.69, 9.17) is 0 Å². The molecule has 6 nitrogen and oxygen atoms in total. The minimum Gasteiger partial charge on any atom is -0.324 e. The molecule has 30 heavy (non-hydrogen) atoms. The number of nitrogens with one attached hydrogen (secondary N) is 1. The molecule has 10 heteroatoms. The molecule has 0 spiro atoms. The van der Waals surface area contributed by atoms with Gasteiger partial charge in [-0.1, -0.05) is 12.1 Å². The van der Waals surface area contributed by atoms with Gasteiger partial charge in [0.1, 0.15) is 6.04 Å². The van der Waals surface area contributed by atoms with E-state index >= 15 is 0 Å². The minimum atomic E-state index is -4.59. The van der Waals surface area contributed by atoms with Gasteiger partial charge in [-0.25, -0.2) is 0 Å². The lowest BCUT2D eigenvalue weighted by Crippen LogP contribution is -2.26. The lowest BCUT2D eigenvalue weighted by Gasteiger charge is -2.16. The molecule has 2 heterocycles. The van der Waals surface area contributed by atoms with Crippen molar-refractivity contribution in [1.29, 1.82) is 0 Å². The summed E-state index contributed by atoms with van der Waals surface area (Å²) >= 11 is 3.06. The molecule has 1 unspecified atom stereocenters. The van der Waals surface area contributed by atoms with Crippen LogP contribution in [0.2, 0.25) is 0 Å². The third kappa shape index (κ3) is 4.28. The van der Waals surface area contributed by atoms with Gasteiger partial charge in [-0.05, 0) is 59.5 Å². The molecule has 1 aromatic carbocycles. The number of aromatic nitrogens is 4. The molecule has 0 bridgehead atoms. The summed E-state index contributed by atoms with van der Waals surface area (Å²) in [6.07, 6.45) is 0.490. The summed E-state index contributed by atoms with van der Waals surface area (Å²) in [5, 5.41) is 10.7. The number of anilines is 1. The Kier molecular flexibility index (Phi) is 5.44. The van der Waals surface area contributed by atoms with Crippen LogP contribution in [-0.2, 0) is 17.5 Å². The summed E-state index contributed by atoms with van der Waals surface area (Å²) in [5.41, 5.74) is 0.929. The van der Waals surface area contributed by atoms with E-state index in [1.807, 2.05) is 24.4 Å². The number of hydrogen-bond donors (Lipinski definition) is 1. The van der Waals surface area contributed by atoms with Crippen molar-refractivity contribution in [2.45, 2.75) is 44.4 Å². The third-order valence-electron chi connectivity index (χ3n) is 4.96. The van der Waals surface area contributed by atoms with Gasteiger partial charge in [0.2, 0.25) is 5.91 Å². The van der Waals surface area contributed by atoms with Gasteiger partial charge in [0.05, 0.1) is 16.7 Å². The van der Waals surface area contributed by atoms with Crippen LogP contribution < -0.4 is 5.32 Å². The highest BCUT2D eigenvalue weighted by Gasteiger charge is 2.43. The van der Waals surface area contributed by atoms with E-state index in [9.17, 15) is 18.0 Å². The number of hydrogen-bond acceptors (Lipinski definition) is 3. The van der Waals surface area contributed by atoms with Crippen LogP contribution in [0.25, 0.3) is 0 Å². The highest BCUT2D eigenvalue weighted by molar-refractivity contribution is 9.10. The van der Waals surface area contributed by atoms with E-state index in [-0.39, 0.29) is 10.4 Å². The summed E-state index contributed by atoms with van der Waals surface area (Å²) in [5.74, 6) is -0.451. The van der Waals surface area contributed by atoms with Gasteiger partial charge in [0, 0.05) is 24.0 Å². The molecule has 1 amide bonds. The van der Waals surface area contributed by atoms with Crippen molar-refractivity contribution in [2.75, 3.05) is 5.32 Å². The first kappa shape index (κ1) is 20.6. The number of carbonyl (C=O) groups is 1. The van der Waals surface area contributed by atoms with Gasteiger partial charge in [-0.2, -0.15) is 23.4 Å². The van der Waals surface area contributed by atoms with Gasteiger partial charge < -0.3 is 5.32 Å². The van der Waals surface area contributed by atoms with E-state index in [0.717, 1.165) is 18.4 Å². The number of benzene rings is 1. The van der Waals surface area contributed by atoms with Crippen LogP contribution >= 0.6 is 15.9 Å². The van der Waals surface area contributed by atoms with Crippen LogP contribution in [0.1, 0.15) is 48.7 Å². The molecule has 3 aromatic rings. The highest BCUT2D eigenvalue weighted by Crippen LogP contribution is 2.47. The first-order valence-corrected chi connectivity index (χ1v) is 10.3. The normalized spacial score (nSPS) is 15.2. The average Bonchev–Trinajstić information content (AvgIpc) is 3.26. The summed E-state index contributed by atoms with van der Waals surface area (Å²) in [6, 6.07) is 8.19. The summed E-state index contributed by atoms with van der Waals surface area (Å²) in [6.45, 7) is 2.09. The van der Waals surface area contributed by atoms with Crippen LogP contribution in [0.15, 0.2) is 47.2 Å². The van der Waals surface area contributed by atoms with Gasteiger partial charge >= 0.3 is 6.18 Å². The Morgan fingerprint density at radius 1 is 1.33 bits per heavy atom. The highest BCUT2D eigenvalue weighted by atomic mass is 79.9. The smallest absolute Gasteiger partial charge is 0.324 e. The molecular weight excluding hydrogens is 463 g/mol. The molecule has 1 atom stereocenters. The number of nitrogens with zero attached hydrogens (tertiary/aromatic N) is 4. The van der Waals surface area contributed by atoms with Gasteiger partial charge in [-0.3, -0.25) is 14.2 Å². The summed E-state index contributed by atoms with van der Waals surface area (Å²) in [4.78, 5) is 12.8. The zero-order chi connectivity index (χ0) is 21.5. The number of amides is 1. The molecule has 0 radical (unpaired) electrons. The first-order valence-electron chi connectivity index (χ1n) is 9.46. The molecule has 0 saturated heterocycles. The lowest BCUT2D eigenvalue weighted by atomic mass is 10.2. The molecule has 1 saturated carbocycles. The molecule has 2 aromatic heterocycles. The fraction of sp³-hybridized carbons (Fsp3) is 0.350. The van der Waals surface area contributed by atoms with E-state index < -0.39 is 23.8 Å². The standard InChI is InChI=1S/C20H19BrF3N5O/c1-12(29-17(14-6-7-14)16(21)18(27-29)20(22,23)24)19(30)26-15-5-2-4-13(10-15)11-28-9-3-8-25-28/h2-5,8-10,12,14H,6-7,11H2,1H3,(H,26,30). The van der Waals surface area contributed by atoms with Crippen molar-refractivity contribution < 1.29 is 18.0 Å². The molecular formula is C20H19BrF3N5O. The molecule has 0 aliphatic heterocycles. The van der Waals surface area contributed by atoms with E-state index in [1.165, 1.54) is 4.68 Å². The maximum Gasteiger partial charge on any atom is 0.436 e. The van der Waals surface area contributed by atoms with Crippen LogP contribution in [0.4, 0.5) is 18.9 Å². The SMILES string of the molecule is CC(C(=O)Nc1cccc(Cn2cccn2)c1)n1nc(C(F)(F)F)c(Br)c1C1CC1. The number of halogens is 4. The second-order valence-corrected chi connectivity index (χ2v) is 8.13. The Hall–Kier alpha value is -2.62. The zero-order valence-corrected chi connectivity index (χ0v) is 17.6. The summed E-state index contributed by atoms with van der Waals surface area (Å²) in [7, 11) is 0. The molecule has 1 fully saturated rings. The molecule has 1 N–H and O–H groups in total. The predicted octanol–water partition coefficient (Wildman–Crippen LogP) is 4.99. The van der Waals surface area contributed by atoms with Crippen molar-refractivity contribution in [2.24, 2.45) is 0 Å². The topological polar surface area (TPSA) is 64.7 Å². The number of rotatable bonds is 6. The maximum absolute atomic E-state index is 13.3. The third-order valence-corrected chi connectivity index (χ3v) is 5.75. The summed E-state index contributed by atoms with van der Waals surface area (Å²) < 4.78 is 42.9. The first-order chi connectivity index (χ1) is 14.2. The fourth-order valence-electron chi connectivity index (χ4n) is 3.31. The molecule has 158 valence electrons. The van der Waals surface area contributed by atoms with Crippen molar-refractivity contribution in [1.82, 2.24) is 19.6 Å². The largest absolute Gasteiger partial charge is 0.436 e. The van der Waals surface area contributed by atoms with Crippen molar-refractivity contribution in [3.63, 3.8) is 0 Å². The monoisotopic (exact) mass is 481 g/mol. The lowest BCUT2D eigenvalue weighted by molar-refractivity contribution is -0.142. The minimum absolute atomic E-state index is 0.0179. The Bertz CT molecular complexity index is 1060. The Labute approximate surface area is 179 Å². The van der Waals surface area contributed by atoms with E-state index in [1.54, 1.807) is 29.9 Å². The second-order valence-electron chi connectivity index (χ2n) is 7.33. The van der Waals surface area contributed by atoms with Gasteiger partial charge in [0.25, 0.3) is 0 Å². The number of carbonyl (C=O) groups excluding carboxylic acids is 1. The molecule has 4 rings (SSSR count). The van der Waals surface area contributed by atoms with Gasteiger partial charge in [0.15, 0.2) is 5.69 Å². The van der Waals surface area contributed by atoms with Crippen LogP contribution in [0.5, 0.6) is 0 Å². The number of alkyl halides is 3. The maximum atomic E-state index is 13.3. The van der Waals surface area contributed by atoms with Crippen LogP contribution in [0, 0.1) is 0 Å². The fourth-order valence-corrected chi connectivity index (χ4v) is 4.12. The quantitative estimate of drug-likeness (QED) is 0.539. The van der Waals surface area contributed by atoms with E-state index in [0.29, 0.717) is 17.9 Å². The van der Waals surface area contributed by atoms with E-state index in [2.05, 4.69) is 31.4 Å². The Morgan fingerprint density at radius 2 is 2.10 bits per heavy atom. The Balaban J connectivity index is 1.55. The Morgan fingerprint density at radius 3 is 2.73 bits per heavy atom. The van der Waals surface area contributed by atoms with Crippen molar-refractivity contribution in [3.8, 4) is 0 Å². The van der Waals surface area contributed by atoms with Crippen molar-refractivity contribution in [3.05, 3.63) is 64.1 Å². The predicted molar refractivity (Wildman–Crippen MR) is 108 cm³/mol. The second kappa shape index (κ2) is 7.90. The molecule has 1 aliphatic rings. The van der Waals surface area contributed by atoms with Crippen LogP contribution in [0.3, 0.4) is 0 Å². The molecule has 1 aliphatic carbocycles. The van der Waals surface area contributed by atoms with Crippen LogP contribution in [-0.4, -0.2) is 25.5 Å². The van der Waals surface area contributed by atoms with Gasteiger partial charge in [-0.15, -0.1) is 0 Å².